The van der Waals surface area contributed by atoms with Crippen molar-refractivity contribution in [2.24, 2.45) is 7.05 Å². The van der Waals surface area contributed by atoms with Crippen LogP contribution in [0.15, 0.2) is 60.8 Å². The van der Waals surface area contributed by atoms with E-state index in [-0.39, 0.29) is 11.8 Å². The van der Waals surface area contributed by atoms with Crippen LogP contribution in [0, 0.1) is 0 Å². The molecule has 4 rings (SSSR count). The van der Waals surface area contributed by atoms with Crippen LogP contribution in [-0.4, -0.2) is 42.6 Å². The van der Waals surface area contributed by atoms with Gasteiger partial charge in [-0.3, -0.25) is 9.69 Å². The monoisotopic (exact) mass is 390 g/mol. The lowest BCUT2D eigenvalue weighted by Crippen LogP contribution is -2.39. The van der Waals surface area contributed by atoms with Crippen molar-refractivity contribution in [1.29, 1.82) is 0 Å². The highest BCUT2D eigenvalue weighted by Gasteiger charge is 2.31. The number of rotatable bonds is 6. The van der Waals surface area contributed by atoms with E-state index in [1.807, 2.05) is 48.1 Å². The van der Waals surface area contributed by atoms with E-state index in [0.29, 0.717) is 12.3 Å². The van der Waals surface area contributed by atoms with E-state index in [4.69, 9.17) is 9.47 Å². The molecule has 1 aliphatic rings. The first-order chi connectivity index (χ1) is 14.1. The first-order valence-corrected chi connectivity index (χ1v) is 9.80. The number of carbonyl (C=O) groups is 1. The number of Topliss-reactive ketones (excluding diaryl/α,β-unsaturated/α-hetero) is 1. The van der Waals surface area contributed by atoms with Gasteiger partial charge in [0.1, 0.15) is 0 Å². The third-order valence-electron chi connectivity index (χ3n) is 5.66. The molecule has 0 bridgehead atoms. The number of hydrogen-bond acceptors (Lipinski definition) is 4. The Morgan fingerprint density at radius 1 is 1.03 bits per heavy atom. The summed E-state index contributed by atoms with van der Waals surface area (Å²) in [6, 6.07) is 18.3. The Labute approximate surface area is 171 Å². The molecule has 0 amide bonds. The smallest absolute Gasteiger partial charge is 0.193 e. The number of methoxy groups -OCH3 is 2. The van der Waals surface area contributed by atoms with Crippen molar-refractivity contribution < 1.29 is 14.3 Å². The second-order valence-electron chi connectivity index (χ2n) is 7.37. The predicted octanol–water partition coefficient (Wildman–Crippen LogP) is 3.87. The topological polar surface area (TPSA) is 43.7 Å². The molecule has 0 saturated carbocycles. The van der Waals surface area contributed by atoms with Crippen LogP contribution in [0.25, 0.3) is 0 Å². The number of carbonyl (C=O) groups excluding carboxylic acids is 1. The number of fused-ring (bicyclic) bond motifs is 1. The summed E-state index contributed by atoms with van der Waals surface area (Å²) in [6.07, 6.45) is 2.77. The Morgan fingerprint density at radius 2 is 1.76 bits per heavy atom. The maximum atomic E-state index is 13.0. The number of ketones is 1. The number of ether oxygens (including phenoxy) is 2. The lowest BCUT2D eigenvalue weighted by Gasteiger charge is -2.37. The van der Waals surface area contributed by atoms with Gasteiger partial charge in [-0.05, 0) is 47.4 Å². The third-order valence-corrected chi connectivity index (χ3v) is 5.66. The van der Waals surface area contributed by atoms with Gasteiger partial charge in [0.25, 0.3) is 0 Å². The molecule has 29 heavy (non-hydrogen) atoms. The van der Waals surface area contributed by atoms with E-state index in [1.165, 1.54) is 16.7 Å². The van der Waals surface area contributed by atoms with Crippen LogP contribution in [0.1, 0.15) is 33.2 Å². The molecule has 1 atom stereocenters. The van der Waals surface area contributed by atoms with Crippen molar-refractivity contribution in [3.05, 3.63) is 83.2 Å². The van der Waals surface area contributed by atoms with Gasteiger partial charge >= 0.3 is 0 Å². The van der Waals surface area contributed by atoms with Gasteiger partial charge in [0.2, 0.25) is 0 Å². The fourth-order valence-electron chi connectivity index (χ4n) is 4.21. The second-order valence-corrected chi connectivity index (χ2v) is 7.37. The van der Waals surface area contributed by atoms with E-state index >= 15 is 0 Å². The minimum absolute atomic E-state index is 0.0102. The average Bonchev–Trinajstić information content (AvgIpc) is 3.19. The first-order valence-electron chi connectivity index (χ1n) is 9.80. The van der Waals surface area contributed by atoms with E-state index in [2.05, 4.69) is 29.2 Å². The summed E-state index contributed by atoms with van der Waals surface area (Å²) in [5.41, 5.74) is 4.30. The summed E-state index contributed by atoms with van der Waals surface area (Å²) < 4.78 is 12.9. The van der Waals surface area contributed by atoms with Gasteiger partial charge in [-0.1, -0.05) is 30.3 Å². The molecule has 0 N–H and O–H groups in total. The maximum absolute atomic E-state index is 13.0. The molecule has 150 valence electrons. The normalized spacial score (nSPS) is 16.3. The van der Waals surface area contributed by atoms with Gasteiger partial charge < -0.3 is 14.0 Å². The van der Waals surface area contributed by atoms with E-state index in [0.717, 1.165) is 24.4 Å². The summed E-state index contributed by atoms with van der Waals surface area (Å²) in [4.78, 5) is 15.3. The number of nitrogens with zero attached hydrogens (tertiary/aromatic N) is 2. The molecule has 5 heteroatoms. The van der Waals surface area contributed by atoms with Crippen LogP contribution >= 0.6 is 0 Å². The molecule has 2 heterocycles. The SMILES string of the molecule is COc1cc2c(cc1OC)[C@H](c1ccccc1)N(CC(=O)c1cccn1C)CC2. The van der Waals surface area contributed by atoms with Gasteiger partial charge in [0.05, 0.1) is 32.5 Å². The lowest BCUT2D eigenvalue weighted by atomic mass is 9.87. The summed E-state index contributed by atoms with van der Waals surface area (Å²) in [5.74, 6) is 1.58. The van der Waals surface area contributed by atoms with Crippen LogP contribution in [0.2, 0.25) is 0 Å². The lowest BCUT2D eigenvalue weighted by molar-refractivity contribution is 0.0892. The summed E-state index contributed by atoms with van der Waals surface area (Å²) in [6.45, 7) is 1.17. The van der Waals surface area contributed by atoms with Crippen LogP contribution in [0.3, 0.4) is 0 Å². The van der Waals surface area contributed by atoms with Crippen LogP contribution in [-0.2, 0) is 13.5 Å². The van der Waals surface area contributed by atoms with Gasteiger partial charge in [-0.25, -0.2) is 0 Å². The zero-order valence-electron chi connectivity index (χ0n) is 17.1. The van der Waals surface area contributed by atoms with Crippen molar-refractivity contribution in [3.8, 4) is 11.5 Å². The molecule has 0 spiro atoms. The molecule has 3 aromatic rings. The minimum atomic E-state index is -0.0102. The van der Waals surface area contributed by atoms with Gasteiger partial charge in [0.15, 0.2) is 17.3 Å². The summed E-state index contributed by atoms with van der Waals surface area (Å²) in [7, 11) is 5.22. The van der Waals surface area contributed by atoms with E-state index in [1.54, 1.807) is 14.2 Å². The molecule has 0 fully saturated rings. The van der Waals surface area contributed by atoms with Crippen molar-refractivity contribution in [1.82, 2.24) is 9.47 Å². The van der Waals surface area contributed by atoms with E-state index in [9.17, 15) is 4.79 Å². The number of aromatic nitrogens is 1. The molecule has 2 aromatic carbocycles. The number of aryl methyl sites for hydroxylation is 1. The Bertz CT molecular complexity index is 1010. The highest BCUT2D eigenvalue weighted by Crippen LogP contribution is 2.40. The molecular formula is C24H26N2O3. The Morgan fingerprint density at radius 3 is 2.41 bits per heavy atom. The molecule has 0 unspecified atom stereocenters. The molecule has 5 nitrogen and oxygen atoms in total. The van der Waals surface area contributed by atoms with E-state index < -0.39 is 0 Å². The van der Waals surface area contributed by atoms with Gasteiger partial charge in [-0.2, -0.15) is 0 Å². The minimum Gasteiger partial charge on any atom is -0.493 e. The van der Waals surface area contributed by atoms with Gasteiger partial charge in [-0.15, -0.1) is 0 Å². The van der Waals surface area contributed by atoms with Crippen molar-refractivity contribution in [2.75, 3.05) is 27.3 Å². The Balaban J connectivity index is 1.75. The molecule has 1 aromatic heterocycles. The van der Waals surface area contributed by atoms with Crippen molar-refractivity contribution in [3.63, 3.8) is 0 Å². The maximum Gasteiger partial charge on any atom is 0.193 e. The third kappa shape index (κ3) is 3.66. The second kappa shape index (κ2) is 8.13. The van der Waals surface area contributed by atoms with Gasteiger partial charge in [0, 0.05) is 19.8 Å². The molecule has 0 radical (unpaired) electrons. The van der Waals surface area contributed by atoms with Crippen LogP contribution in [0.5, 0.6) is 11.5 Å². The number of hydrogen-bond donors (Lipinski definition) is 0. The quantitative estimate of drug-likeness (QED) is 0.600. The fourth-order valence-corrected chi connectivity index (χ4v) is 4.21. The summed E-state index contributed by atoms with van der Waals surface area (Å²) >= 11 is 0. The van der Waals surface area contributed by atoms with Crippen molar-refractivity contribution >= 4 is 5.78 Å². The zero-order chi connectivity index (χ0) is 20.4. The predicted molar refractivity (Wildman–Crippen MR) is 113 cm³/mol. The molecule has 1 aliphatic heterocycles. The van der Waals surface area contributed by atoms with Crippen molar-refractivity contribution in [2.45, 2.75) is 12.5 Å². The Hall–Kier alpha value is -3.05. The van der Waals surface area contributed by atoms with Crippen LogP contribution < -0.4 is 9.47 Å². The summed E-state index contributed by atoms with van der Waals surface area (Å²) in [5, 5.41) is 0. The first kappa shape index (κ1) is 19.3. The standard InChI is InChI=1S/C24H26N2O3/c1-25-12-7-10-20(25)21(27)16-26-13-11-18-14-22(28-2)23(29-3)15-19(18)24(26)17-8-5-4-6-9-17/h4-10,12,14-15,24H,11,13,16H2,1-3H3/t24-/m0/s1. The average molecular weight is 390 g/mol. The zero-order valence-corrected chi connectivity index (χ0v) is 17.1. The fraction of sp³-hybridized carbons (Fsp3) is 0.292. The Kier molecular flexibility index (Phi) is 5.41. The molecule has 0 saturated heterocycles. The van der Waals surface area contributed by atoms with Crippen LogP contribution in [0.4, 0.5) is 0 Å². The highest BCUT2D eigenvalue weighted by atomic mass is 16.5. The number of benzene rings is 2. The molecular weight excluding hydrogens is 364 g/mol. The highest BCUT2D eigenvalue weighted by molar-refractivity contribution is 5.96. The largest absolute Gasteiger partial charge is 0.493 e. The molecule has 0 aliphatic carbocycles.